The van der Waals surface area contributed by atoms with Crippen molar-refractivity contribution in [2.24, 2.45) is 0 Å². The van der Waals surface area contributed by atoms with Crippen molar-refractivity contribution in [2.45, 2.75) is 16.5 Å². The number of thiazole rings is 1. The van der Waals surface area contributed by atoms with Crippen LogP contribution in [0.5, 0.6) is 0 Å². The number of aryl methyl sites for hydroxylation is 1. The van der Waals surface area contributed by atoms with Crippen LogP contribution in [0.15, 0.2) is 58.3 Å². The van der Waals surface area contributed by atoms with Crippen LogP contribution in [0, 0.1) is 17.0 Å². The number of nitrogens with one attached hydrogen (secondary N) is 1. The van der Waals surface area contributed by atoms with E-state index in [2.05, 4.69) is 10.3 Å². The monoisotopic (exact) mass is 419 g/mol. The Kier molecular flexibility index (Phi) is 6.10. The molecule has 0 spiro atoms. The van der Waals surface area contributed by atoms with Crippen molar-refractivity contribution < 1.29 is 9.72 Å². The van der Waals surface area contributed by atoms with Crippen LogP contribution in [0.3, 0.4) is 0 Å². The fourth-order valence-corrected chi connectivity index (χ4v) is 4.55. The smallest absolute Gasteiger partial charge is 0.289 e. The summed E-state index contributed by atoms with van der Waals surface area (Å²) in [5.74, 6) is -0.296. The van der Waals surface area contributed by atoms with E-state index in [0.29, 0.717) is 5.69 Å². The summed E-state index contributed by atoms with van der Waals surface area (Å²) in [5.41, 5.74) is 1.77. The summed E-state index contributed by atoms with van der Waals surface area (Å²) in [4.78, 5) is 27.8. The summed E-state index contributed by atoms with van der Waals surface area (Å²) in [6, 6.07) is 13.5. The van der Waals surface area contributed by atoms with E-state index in [0.717, 1.165) is 15.6 Å². The van der Waals surface area contributed by atoms with Crippen molar-refractivity contribution in [1.29, 1.82) is 0 Å². The average molecular weight is 420 g/mol. The number of nitro groups is 1. The molecule has 2 aromatic carbocycles. The zero-order valence-electron chi connectivity index (χ0n) is 14.1. The van der Waals surface area contributed by atoms with Crippen molar-refractivity contribution >= 4 is 52.0 Å². The minimum Gasteiger partial charge on any atom is -0.325 e. The van der Waals surface area contributed by atoms with Crippen LogP contribution < -0.4 is 5.32 Å². The lowest BCUT2D eigenvalue weighted by Crippen LogP contribution is -2.19. The Morgan fingerprint density at radius 1 is 1.30 bits per heavy atom. The highest BCUT2D eigenvalue weighted by Gasteiger charge is 2.24. The Morgan fingerprint density at radius 3 is 2.67 bits per heavy atom. The zero-order valence-corrected chi connectivity index (χ0v) is 16.5. The quantitative estimate of drug-likeness (QED) is 0.324. The van der Waals surface area contributed by atoms with Gasteiger partial charge in [-0.05, 0) is 24.6 Å². The number of nitro benzene ring substituents is 1. The Bertz CT molecular complexity index is 979. The van der Waals surface area contributed by atoms with Crippen LogP contribution in [-0.2, 0) is 4.79 Å². The maximum absolute atomic E-state index is 12.9. The third-order valence-electron chi connectivity index (χ3n) is 3.57. The number of hydrogen-bond donors (Lipinski definition) is 1. The van der Waals surface area contributed by atoms with Crippen molar-refractivity contribution in [3.05, 3.63) is 80.3 Å². The van der Waals surface area contributed by atoms with Gasteiger partial charge in [-0.15, -0.1) is 11.3 Å². The standard InChI is InChI=1S/C18H14ClN3O3S2/c1-11-10-26-18(20-11)27-16(12-5-3-2-4-6-12)17(23)21-13-7-8-14(19)15(9-13)22(24)25/h2-10,16H,1H3,(H,21,23). The summed E-state index contributed by atoms with van der Waals surface area (Å²) in [7, 11) is 0. The number of nitrogens with zero attached hydrogens (tertiary/aromatic N) is 2. The fraction of sp³-hybridized carbons (Fsp3) is 0.111. The Hall–Kier alpha value is -2.42. The van der Waals surface area contributed by atoms with Gasteiger partial charge in [0.1, 0.15) is 10.3 Å². The second-order valence-electron chi connectivity index (χ2n) is 5.58. The Morgan fingerprint density at radius 2 is 2.04 bits per heavy atom. The summed E-state index contributed by atoms with van der Waals surface area (Å²) in [5, 5.41) is 15.2. The molecule has 0 aliphatic heterocycles. The van der Waals surface area contributed by atoms with Crippen LogP contribution >= 0.6 is 34.7 Å². The van der Waals surface area contributed by atoms with Gasteiger partial charge in [0.15, 0.2) is 4.34 Å². The second kappa shape index (κ2) is 8.51. The first-order valence-corrected chi connectivity index (χ1v) is 9.96. The van der Waals surface area contributed by atoms with Gasteiger partial charge in [0.25, 0.3) is 5.69 Å². The van der Waals surface area contributed by atoms with Gasteiger partial charge in [0.05, 0.1) is 4.92 Å². The van der Waals surface area contributed by atoms with Crippen LogP contribution in [0.4, 0.5) is 11.4 Å². The molecular formula is C18H14ClN3O3S2. The number of benzene rings is 2. The molecule has 1 aromatic heterocycles. The number of rotatable bonds is 6. The SMILES string of the molecule is Cc1csc(SC(C(=O)Nc2ccc(Cl)c([N+](=O)[O-])c2)c2ccccc2)n1. The third kappa shape index (κ3) is 4.85. The van der Waals surface area contributed by atoms with Gasteiger partial charge in [-0.3, -0.25) is 14.9 Å². The number of anilines is 1. The molecule has 3 aromatic rings. The van der Waals surface area contributed by atoms with E-state index in [-0.39, 0.29) is 16.6 Å². The maximum Gasteiger partial charge on any atom is 0.289 e. The van der Waals surface area contributed by atoms with E-state index >= 15 is 0 Å². The van der Waals surface area contributed by atoms with Gasteiger partial charge in [-0.2, -0.15) is 0 Å². The number of amides is 1. The molecule has 0 saturated carbocycles. The molecular weight excluding hydrogens is 406 g/mol. The second-order valence-corrected chi connectivity index (χ2v) is 8.19. The predicted octanol–water partition coefficient (Wildman–Crippen LogP) is 5.49. The topological polar surface area (TPSA) is 85.1 Å². The molecule has 6 nitrogen and oxygen atoms in total. The minimum atomic E-state index is -0.584. The number of hydrogen-bond acceptors (Lipinski definition) is 6. The van der Waals surface area contributed by atoms with Gasteiger partial charge in [-0.25, -0.2) is 4.98 Å². The average Bonchev–Trinajstić information content (AvgIpc) is 3.06. The van der Waals surface area contributed by atoms with Crippen LogP contribution in [0.25, 0.3) is 0 Å². The van der Waals surface area contributed by atoms with E-state index in [1.165, 1.54) is 41.3 Å². The number of carbonyl (C=O) groups excluding carboxylic acids is 1. The highest BCUT2D eigenvalue weighted by molar-refractivity contribution is 8.01. The van der Waals surface area contributed by atoms with E-state index in [1.807, 2.05) is 42.6 Å². The molecule has 9 heteroatoms. The normalized spacial score (nSPS) is 11.8. The lowest BCUT2D eigenvalue weighted by molar-refractivity contribution is -0.384. The molecule has 0 radical (unpaired) electrons. The Labute approximate surface area is 168 Å². The summed E-state index contributed by atoms with van der Waals surface area (Å²) in [6.07, 6.45) is 0. The highest BCUT2D eigenvalue weighted by atomic mass is 35.5. The first-order chi connectivity index (χ1) is 12.9. The van der Waals surface area contributed by atoms with E-state index in [1.54, 1.807) is 0 Å². The lowest BCUT2D eigenvalue weighted by Gasteiger charge is -2.16. The Balaban J connectivity index is 1.87. The molecule has 0 aliphatic rings. The molecule has 1 amide bonds. The highest BCUT2D eigenvalue weighted by Crippen LogP contribution is 2.38. The number of halogens is 1. The first-order valence-electron chi connectivity index (χ1n) is 7.82. The molecule has 3 rings (SSSR count). The summed E-state index contributed by atoms with van der Waals surface area (Å²) < 4.78 is 0.776. The van der Waals surface area contributed by atoms with E-state index in [4.69, 9.17) is 11.6 Å². The molecule has 1 unspecified atom stereocenters. The number of thioether (sulfide) groups is 1. The van der Waals surface area contributed by atoms with Crippen molar-refractivity contribution in [1.82, 2.24) is 4.98 Å². The molecule has 0 fully saturated rings. The zero-order chi connectivity index (χ0) is 19.4. The molecule has 1 N–H and O–H groups in total. The maximum atomic E-state index is 12.9. The lowest BCUT2D eigenvalue weighted by atomic mass is 10.1. The largest absolute Gasteiger partial charge is 0.325 e. The predicted molar refractivity (Wildman–Crippen MR) is 109 cm³/mol. The third-order valence-corrected chi connectivity index (χ3v) is 6.23. The summed E-state index contributed by atoms with van der Waals surface area (Å²) >= 11 is 8.64. The van der Waals surface area contributed by atoms with E-state index < -0.39 is 10.2 Å². The van der Waals surface area contributed by atoms with Crippen LogP contribution in [-0.4, -0.2) is 15.8 Å². The van der Waals surface area contributed by atoms with E-state index in [9.17, 15) is 14.9 Å². The molecule has 0 aliphatic carbocycles. The van der Waals surface area contributed by atoms with Gasteiger partial charge in [-0.1, -0.05) is 53.7 Å². The van der Waals surface area contributed by atoms with Gasteiger partial charge in [0, 0.05) is 22.8 Å². The van der Waals surface area contributed by atoms with Crippen molar-refractivity contribution in [3.8, 4) is 0 Å². The fourth-order valence-electron chi connectivity index (χ4n) is 2.33. The number of aromatic nitrogens is 1. The minimum absolute atomic E-state index is 0.0187. The first kappa shape index (κ1) is 19.3. The molecule has 1 atom stereocenters. The van der Waals surface area contributed by atoms with Gasteiger partial charge >= 0.3 is 0 Å². The molecule has 27 heavy (non-hydrogen) atoms. The molecule has 0 bridgehead atoms. The van der Waals surface area contributed by atoms with Crippen molar-refractivity contribution in [3.63, 3.8) is 0 Å². The number of carbonyl (C=O) groups is 1. The van der Waals surface area contributed by atoms with Crippen LogP contribution in [0.1, 0.15) is 16.5 Å². The van der Waals surface area contributed by atoms with Gasteiger partial charge in [0.2, 0.25) is 5.91 Å². The van der Waals surface area contributed by atoms with Crippen LogP contribution in [0.2, 0.25) is 5.02 Å². The molecule has 1 heterocycles. The van der Waals surface area contributed by atoms with Crippen molar-refractivity contribution in [2.75, 3.05) is 5.32 Å². The molecule has 138 valence electrons. The summed E-state index contributed by atoms with van der Waals surface area (Å²) in [6.45, 7) is 1.89. The van der Waals surface area contributed by atoms with Gasteiger partial charge < -0.3 is 5.32 Å². The molecule has 0 saturated heterocycles.